The maximum Gasteiger partial charge on any atom is 0.253 e. The van der Waals surface area contributed by atoms with Crippen LogP contribution in [0.1, 0.15) is 19.4 Å². The topological polar surface area (TPSA) is 74.3 Å². The van der Waals surface area contributed by atoms with Crippen molar-refractivity contribution >= 4 is 17.4 Å². The largest absolute Gasteiger partial charge is 0.342 e. The minimum atomic E-state index is -1.51. The quantitative estimate of drug-likeness (QED) is 0.759. The fourth-order valence-corrected chi connectivity index (χ4v) is 3.48. The van der Waals surface area contributed by atoms with Crippen LogP contribution in [0.2, 0.25) is 0 Å². The first-order valence-electron chi connectivity index (χ1n) is 8.35. The fraction of sp³-hybridized carbons (Fsp3) is 0.556. The number of fused-ring (bicyclic) bond motifs is 1. The number of morpholine rings is 1. The van der Waals surface area contributed by atoms with Crippen LogP contribution in [0.15, 0.2) is 24.3 Å². The Bertz CT molecular complexity index is 715. The molecule has 1 aromatic carbocycles. The smallest absolute Gasteiger partial charge is 0.253 e. The molecule has 134 valence electrons. The summed E-state index contributed by atoms with van der Waals surface area (Å²) in [6.07, 6.45) is -1.21. The molecule has 0 unspecified atom stereocenters. The molecule has 3 fully saturated rings. The van der Waals surface area contributed by atoms with Crippen molar-refractivity contribution in [2.24, 2.45) is 0 Å². The van der Waals surface area contributed by atoms with Gasteiger partial charge in [0.2, 0.25) is 5.78 Å². The SMILES string of the molecule is Cc1ccc(N2C[C@@]3(OCC2=O)OC[C@H]2OC(C)(C)O[C@H]2C3=O)cc1. The third-order valence-corrected chi connectivity index (χ3v) is 4.74. The standard InChI is InChI=1S/C18H21NO6/c1-11-4-6-12(7-5-11)19-10-18(23-9-14(19)20)16(21)15-13(8-22-18)24-17(2,3)25-15/h4-7,13,15H,8-10H2,1-3H3/t13-,15-,18+/m1/s1. The van der Waals surface area contributed by atoms with Crippen LogP contribution in [0.5, 0.6) is 0 Å². The van der Waals surface area contributed by atoms with E-state index < -0.39 is 23.8 Å². The summed E-state index contributed by atoms with van der Waals surface area (Å²) in [5, 5.41) is 0. The number of hydrogen-bond donors (Lipinski definition) is 0. The van der Waals surface area contributed by atoms with Crippen molar-refractivity contribution in [1.82, 2.24) is 0 Å². The molecular weight excluding hydrogens is 326 g/mol. The zero-order valence-corrected chi connectivity index (χ0v) is 14.5. The number of ether oxygens (including phenoxy) is 4. The van der Waals surface area contributed by atoms with Gasteiger partial charge in [-0.1, -0.05) is 17.7 Å². The van der Waals surface area contributed by atoms with Crippen molar-refractivity contribution in [2.45, 2.75) is 44.6 Å². The highest BCUT2D eigenvalue weighted by atomic mass is 16.8. The number of amides is 1. The van der Waals surface area contributed by atoms with Crippen LogP contribution in [0.4, 0.5) is 5.69 Å². The first-order valence-corrected chi connectivity index (χ1v) is 8.35. The van der Waals surface area contributed by atoms with E-state index in [2.05, 4.69) is 0 Å². The number of aryl methyl sites for hydroxylation is 1. The lowest BCUT2D eigenvalue weighted by atomic mass is 9.97. The van der Waals surface area contributed by atoms with Crippen LogP contribution < -0.4 is 4.90 Å². The molecule has 3 aliphatic rings. The van der Waals surface area contributed by atoms with Crippen LogP contribution in [0.25, 0.3) is 0 Å². The summed E-state index contributed by atoms with van der Waals surface area (Å²) < 4.78 is 22.8. The van der Waals surface area contributed by atoms with Crippen LogP contribution in [-0.2, 0) is 28.5 Å². The Kier molecular flexibility index (Phi) is 3.73. The van der Waals surface area contributed by atoms with Gasteiger partial charge in [-0.3, -0.25) is 9.59 Å². The van der Waals surface area contributed by atoms with Crippen molar-refractivity contribution < 1.29 is 28.5 Å². The van der Waals surface area contributed by atoms with Gasteiger partial charge in [0.15, 0.2) is 11.9 Å². The highest BCUT2D eigenvalue weighted by molar-refractivity contribution is 5.99. The Morgan fingerprint density at radius 3 is 2.52 bits per heavy atom. The third-order valence-electron chi connectivity index (χ3n) is 4.74. The molecule has 1 spiro atoms. The van der Waals surface area contributed by atoms with E-state index in [1.54, 1.807) is 13.8 Å². The highest BCUT2D eigenvalue weighted by Gasteiger charge is 2.60. The van der Waals surface area contributed by atoms with Crippen molar-refractivity contribution in [3.8, 4) is 0 Å². The minimum Gasteiger partial charge on any atom is -0.342 e. The molecule has 7 nitrogen and oxygen atoms in total. The Labute approximate surface area is 145 Å². The number of benzene rings is 1. The average molecular weight is 347 g/mol. The number of ketones is 1. The van der Waals surface area contributed by atoms with Gasteiger partial charge in [-0.25, -0.2) is 0 Å². The van der Waals surface area contributed by atoms with Crippen LogP contribution in [-0.4, -0.2) is 55.2 Å². The number of carbonyl (C=O) groups is 2. The minimum absolute atomic E-state index is 0.000730. The summed E-state index contributed by atoms with van der Waals surface area (Å²) >= 11 is 0. The summed E-state index contributed by atoms with van der Waals surface area (Å²) in [5.74, 6) is -2.90. The predicted molar refractivity (Wildman–Crippen MR) is 87.0 cm³/mol. The zero-order valence-electron chi connectivity index (χ0n) is 14.5. The van der Waals surface area contributed by atoms with Gasteiger partial charge >= 0.3 is 0 Å². The predicted octanol–water partition coefficient (Wildman–Crippen LogP) is 1.17. The number of nitrogens with zero attached hydrogens (tertiary/aromatic N) is 1. The molecule has 3 aliphatic heterocycles. The second kappa shape index (κ2) is 5.60. The van der Waals surface area contributed by atoms with E-state index in [1.807, 2.05) is 31.2 Å². The molecular formula is C18H21NO6. The molecule has 0 aliphatic carbocycles. The molecule has 0 aromatic heterocycles. The average Bonchev–Trinajstić information content (AvgIpc) is 2.89. The van der Waals surface area contributed by atoms with E-state index in [0.29, 0.717) is 5.69 Å². The van der Waals surface area contributed by atoms with Crippen LogP contribution in [0, 0.1) is 6.92 Å². The number of rotatable bonds is 1. The molecule has 7 heteroatoms. The summed E-state index contributed by atoms with van der Waals surface area (Å²) in [6.45, 7) is 5.45. The summed E-state index contributed by atoms with van der Waals surface area (Å²) in [7, 11) is 0. The number of Topliss-reactive ketones (excluding diaryl/α,β-unsaturated/α-hetero) is 1. The molecule has 1 amide bonds. The van der Waals surface area contributed by atoms with Gasteiger partial charge in [-0.05, 0) is 32.9 Å². The zero-order chi connectivity index (χ0) is 17.8. The molecule has 0 bridgehead atoms. The highest BCUT2D eigenvalue weighted by Crippen LogP contribution is 2.38. The Morgan fingerprint density at radius 1 is 1.08 bits per heavy atom. The second-order valence-corrected chi connectivity index (χ2v) is 7.13. The normalized spacial score (nSPS) is 34.4. The molecule has 0 N–H and O–H groups in total. The molecule has 3 saturated heterocycles. The van der Waals surface area contributed by atoms with E-state index in [9.17, 15) is 9.59 Å². The van der Waals surface area contributed by atoms with Crippen molar-refractivity contribution in [3.63, 3.8) is 0 Å². The van der Waals surface area contributed by atoms with Gasteiger partial charge in [-0.2, -0.15) is 0 Å². The first-order chi connectivity index (χ1) is 11.8. The van der Waals surface area contributed by atoms with Gasteiger partial charge in [0.05, 0.1) is 13.2 Å². The number of carbonyl (C=O) groups excluding carboxylic acids is 2. The van der Waals surface area contributed by atoms with Crippen LogP contribution in [0.3, 0.4) is 0 Å². The molecule has 3 atom stereocenters. The van der Waals surface area contributed by atoms with Gasteiger partial charge in [0.1, 0.15) is 12.7 Å². The van der Waals surface area contributed by atoms with E-state index in [4.69, 9.17) is 18.9 Å². The van der Waals surface area contributed by atoms with Gasteiger partial charge < -0.3 is 23.8 Å². The second-order valence-electron chi connectivity index (χ2n) is 7.13. The van der Waals surface area contributed by atoms with Gasteiger partial charge in [0, 0.05) is 5.69 Å². The van der Waals surface area contributed by atoms with Gasteiger partial charge in [-0.15, -0.1) is 0 Å². The maximum atomic E-state index is 13.0. The molecule has 0 radical (unpaired) electrons. The lowest BCUT2D eigenvalue weighted by Gasteiger charge is -2.44. The van der Waals surface area contributed by atoms with E-state index in [-0.39, 0.29) is 31.4 Å². The summed E-state index contributed by atoms with van der Waals surface area (Å²) in [4.78, 5) is 26.9. The molecule has 25 heavy (non-hydrogen) atoms. The molecule has 0 saturated carbocycles. The first kappa shape index (κ1) is 16.7. The number of hydrogen-bond acceptors (Lipinski definition) is 6. The van der Waals surface area contributed by atoms with Crippen LogP contribution >= 0.6 is 0 Å². The van der Waals surface area contributed by atoms with E-state index in [1.165, 1.54) is 4.90 Å². The van der Waals surface area contributed by atoms with E-state index >= 15 is 0 Å². The third kappa shape index (κ3) is 2.77. The Morgan fingerprint density at radius 2 is 1.80 bits per heavy atom. The van der Waals surface area contributed by atoms with Crippen molar-refractivity contribution in [2.75, 3.05) is 24.7 Å². The molecule has 4 rings (SSSR count). The summed E-state index contributed by atoms with van der Waals surface area (Å²) in [6, 6.07) is 7.53. The monoisotopic (exact) mass is 347 g/mol. The van der Waals surface area contributed by atoms with Gasteiger partial charge in [0.25, 0.3) is 11.7 Å². The van der Waals surface area contributed by atoms with Crippen molar-refractivity contribution in [1.29, 1.82) is 0 Å². The molecule has 1 aromatic rings. The number of anilines is 1. The Balaban J connectivity index is 1.61. The lowest BCUT2D eigenvalue weighted by molar-refractivity contribution is -0.254. The summed E-state index contributed by atoms with van der Waals surface area (Å²) in [5.41, 5.74) is 1.80. The fourth-order valence-electron chi connectivity index (χ4n) is 3.48. The van der Waals surface area contributed by atoms with Crippen molar-refractivity contribution in [3.05, 3.63) is 29.8 Å². The lowest BCUT2D eigenvalue weighted by Crippen LogP contribution is -2.67. The molecule has 3 heterocycles. The maximum absolute atomic E-state index is 13.0. The van der Waals surface area contributed by atoms with E-state index in [0.717, 1.165) is 5.56 Å². The Hall–Kier alpha value is -1.80.